The highest BCUT2D eigenvalue weighted by molar-refractivity contribution is 5.80. The molecule has 4 heteroatoms. The molecule has 0 aromatic heterocycles. The van der Waals surface area contributed by atoms with Crippen LogP contribution in [0.1, 0.15) is 19.3 Å². The van der Waals surface area contributed by atoms with Crippen LogP contribution in [0.5, 0.6) is 0 Å². The summed E-state index contributed by atoms with van der Waals surface area (Å²) in [5.41, 5.74) is 0. The van der Waals surface area contributed by atoms with E-state index in [1.54, 1.807) is 0 Å². The maximum Gasteiger partial charge on any atom is 0.225 e. The first-order valence-corrected chi connectivity index (χ1v) is 5.43. The summed E-state index contributed by atoms with van der Waals surface area (Å²) >= 11 is 0. The van der Waals surface area contributed by atoms with E-state index in [-0.39, 0.29) is 30.4 Å². The van der Waals surface area contributed by atoms with E-state index in [2.05, 4.69) is 10.6 Å². The highest BCUT2D eigenvalue weighted by Gasteiger charge is 2.31. The van der Waals surface area contributed by atoms with Gasteiger partial charge in [-0.3, -0.25) is 4.79 Å². The van der Waals surface area contributed by atoms with Crippen LogP contribution in [0.4, 0.5) is 0 Å². The van der Waals surface area contributed by atoms with Crippen LogP contribution >= 0.6 is 0 Å². The second kappa shape index (κ2) is 4.28. The number of hydrogen-bond acceptors (Lipinski definition) is 3. The van der Waals surface area contributed by atoms with Gasteiger partial charge in [0.25, 0.3) is 0 Å². The van der Waals surface area contributed by atoms with E-state index >= 15 is 0 Å². The van der Waals surface area contributed by atoms with Gasteiger partial charge in [-0.1, -0.05) is 6.42 Å². The van der Waals surface area contributed by atoms with Crippen LogP contribution in [-0.4, -0.2) is 36.8 Å². The van der Waals surface area contributed by atoms with Crippen LogP contribution in [0.2, 0.25) is 0 Å². The van der Waals surface area contributed by atoms with E-state index in [4.69, 9.17) is 5.11 Å². The lowest BCUT2D eigenvalue weighted by molar-refractivity contribution is -0.127. The fourth-order valence-corrected chi connectivity index (χ4v) is 2.22. The molecule has 4 nitrogen and oxygen atoms in total. The minimum absolute atomic E-state index is 0.161. The molecular formula is C10H18N2O2. The van der Waals surface area contributed by atoms with E-state index in [1.165, 1.54) is 0 Å². The van der Waals surface area contributed by atoms with Crippen LogP contribution in [0.25, 0.3) is 0 Å². The number of aliphatic hydroxyl groups is 1. The minimum atomic E-state index is 0.161. The second-order valence-corrected chi connectivity index (χ2v) is 4.34. The molecule has 2 atom stereocenters. The van der Waals surface area contributed by atoms with E-state index < -0.39 is 0 Å². The fraction of sp³-hybridized carbons (Fsp3) is 0.900. The Morgan fingerprint density at radius 2 is 2.21 bits per heavy atom. The first-order chi connectivity index (χ1) is 6.81. The van der Waals surface area contributed by atoms with E-state index in [0.29, 0.717) is 0 Å². The molecule has 14 heavy (non-hydrogen) atoms. The third kappa shape index (κ3) is 1.91. The molecule has 80 valence electrons. The van der Waals surface area contributed by atoms with Crippen molar-refractivity contribution in [2.24, 2.45) is 11.8 Å². The van der Waals surface area contributed by atoms with Crippen LogP contribution in [0.3, 0.4) is 0 Å². The van der Waals surface area contributed by atoms with Gasteiger partial charge < -0.3 is 15.7 Å². The lowest BCUT2D eigenvalue weighted by Gasteiger charge is -2.28. The summed E-state index contributed by atoms with van der Waals surface area (Å²) in [6.45, 7) is 1.82. The Morgan fingerprint density at radius 3 is 2.79 bits per heavy atom. The van der Waals surface area contributed by atoms with Gasteiger partial charge >= 0.3 is 0 Å². The second-order valence-electron chi connectivity index (χ2n) is 4.34. The summed E-state index contributed by atoms with van der Waals surface area (Å²) in [6, 6.07) is 0.216. The van der Waals surface area contributed by atoms with Gasteiger partial charge in [0.05, 0.1) is 5.92 Å². The number of rotatable bonds is 3. The van der Waals surface area contributed by atoms with Crippen LogP contribution in [0.15, 0.2) is 0 Å². The summed E-state index contributed by atoms with van der Waals surface area (Å²) < 4.78 is 0. The average Bonchev–Trinajstić information content (AvgIpc) is 2.48. The molecule has 2 fully saturated rings. The predicted octanol–water partition coefficient (Wildman–Crippen LogP) is -0.517. The Kier molecular flexibility index (Phi) is 3.03. The summed E-state index contributed by atoms with van der Waals surface area (Å²) in [7, 11) is 0. The molecule has 2 unspecified atom stereocenters. The van der Waals surface area contributed by atoms with Gasteiger partial charge in [-0.15, -0.1) is 0 Å². The van der Waals surface area contributed by atoms with E-state index in [1.807, 2.05) is 0 Å². The number of aliphatic hydroxyl groups excluding tert-OH is 1. The van der Waals surface area contributed by atoms with Crippen molar-refractivity contribution < 1.29 is 9.90 Å². The molecule has 1 saturated carbocycles. The lowest BCUT2D eigenvalue weighted by atomic mass is 10.00. The summed E-state index contributed by atoms with van der Waals surface area (Å²) in [6.07, 6.45) is 3.20. The Bertz CT molecular complexity index is 216. The average molecular weight is 198 g/mol. The summed E-state index contributed by atoms with van der Waals surface area (Å²) in [4.78, 5) is 11.6. The van der Waals surface area contributed by atoms with Crippen molar-refractivity contribution in [3.63, 3.8) is 0 Å². The van der Waals surface area contributed by atoms with Gasteiger partial charge in [0.15, 0.2) is 0 Å². The number of carbonyl (C=O) groups is 1. The molecule has 0 aromatic rings. The van der Waals surface area contributed by atoms with Crippen molar-refractivity contribution in [3.8, 4) is 0 Å². The van der Waals surface area contributed by atoms with Gasteiger partial charge in [0.2, 0.25) is 5.91 Å². The molecule has 2 rings (SSSR count). The van der Waals surface area contributed by atoms with Crippen molar-refractivity contribution in [2.45, 2.75) is 25.3 Å². The molecule has 1 heterocycles. The molecule has 1 aliphatic carbocycles. The zero-order valence-corrected chi connectivity index (χ0v) is 8.33. The highest BCUT2D eigenvalue weighted by Crippen LogP contribution is 2.25. The first kappa shape index (κ1) is 9.93. The molecule has 1 amide bonds. The molecule has 0 spiro atoms. The fourth-order valence-electron chi connectivity index (χ4n) is 2.22. The van der Waals surface area contributed by atoms with Gasteiger partial charge in [-0.05, 0) is 12.8 Å². The maximum atomic E-state index is 11.6. The topological polar surface area (TPSA) is 61.4 Å². The molecule has 1 saturated heterocycles. The number of carbonyl (C=O) groups excluding carboxylic acids is 1. The van der Waals surface area contributed by atoms with Gasteiger partial charge in [0, 0.05) is 31.7 Å². The molecular weight excluding hydrogens is 180 g/mol. The molecule has 0 aromatic carbocycles. The highest BCUT2D eigenvalue weighted by atomic mass is 16.3. The molecule has 3 N–H and O–H groups in total. The van der Waals surface area contributed by atoms with E-state index in [9.17, 15) is 4.79 Å². The molecule has 2 aliphatic rings. The largest absolute Gasteiger partial charge is 0.396 e. The molecule has 1 aliphatic heterocycles. The zero-order chi connectivity index (χ0) is 9.97. The Balaban J connectivity index is 1.80. The van der Waals surface area contributed by atoms with Crippen molar-refractivity contribution >= 4 is 5.91 Å². The van der Waals surface area contributed by atoms with Crippen molar-refractivity contribution in [1.82, 2.24) is 10.6 Å². The van der Waals surface area contributed by atoms with Crippen LogP contribution < -0.4 is 10.6 Å². The first-order valence-electron chi connectivity index (χ1n) is 5.43. The maximum absolute atomic E-state index is 11.6. The normalized spacial score (nSPS) is 32.6. The van der Waals surface area contributed by atoms with Crippen LogP contribution in [0, 0.1) is 11.8 Å². The smallest absolute Gasteiger partial charge is 0.225 e. The summed E-state index contributed by atoms with van der Waals surface area (Å²) in [5, 5.41) is 15.2. The number of amides is 1. The van der Waals surface area contributed by atoms with Crippen LogP contribution in [-0.2, 0) is 4.79 Å². The predicted molar refractivity (Wildman–Crippen MR) is 52.7 cm³/mol. The molecule has 0 bridgehead atoms. The van der Waals surface area contributed by atoms with E-state index in [0.717, 1.165) is 32.4 Å². The number of nitrogens with one attached hydrogen (secondary N) is 2. The Labute approximate surface area is 84.1 Å². The summed E-state index contributed by atoms with van der Waals surface area (Å²) in [5.74, 6) is 0.607. The number of hydrogen-bond donors (Lipinski definition) is 3. The SMILES string of the molecule is O=C(NC1CCCC1CO)C1CNC1. The monoisotopic (exact) mass is 198 g/mol. The third-order valence-corrected chi connectivity index (χ3v) is 3.37. The Morgan fingerprint density at radius 1 is 1.43 bits per heavy atom. The van der Waals surface area contributed by atoms with Gasteiger partial charge in [-0.2, -0.15) is 0 Å². The molecule has 0 radical (unpaired) electrons. The van der Waals surface area contributed by atoms with Crippen molar-refractivity contribution in [1.29, 1.82) is 0 Å². The van der Waals surface area contributed by atoms with Gasteiger partial charge in [-0.25, -0.2) is 0 Å². The Hall–Kier alpha value is -0.610. The lowest BCUT2D eigenvalue weighted by Crippen LogP contribution is -2.53. The quantitative estimate of drug-likeness (QED) is 0.572. The van der Waals surface area contributed by atoms with Crippen molar-refractivity contribution in [3.05, 3.63) is 0 Å². The minimum Gasteiger partial charge on any atom is -0.396 e. The standard InChI is InChI=1S/C10H18N2O2/c13-6-7-2-1-3-9(7)12-10(14)8-4-11-5-8/h7-9,11,13H,1-6H2,(H,12,14). The zero-order valence-electron chi connectivity index (χ0n) is 8.33. The van der Waals surface area contributed by atoms with Gasteiger partial charge in [0.1, 0.15) is 0 Å². The third-order valence-electron chi connectivity index (χ3n) is 3.37. The van der Waals surface area contributed by atoms with Crippen molar-refractivity contribution in [2.75, 3.05) is 19.7 Å².